The summed E-state index contributed by atoms with van der Waals surface area (Å²) in [6.07, 6.45) is 3.11. The second-order valence-electron chi connectivity index (χ2n) is 1.86. The molecule has 0 aliphatic heterocycles. The molecule has 1 aliphatic rings. The molecule has 0 saturated carbocycles. The number of aliphatic hydroxyl groups is 2. The van der Waals surface area contributed by atoms with Crippen LogP contribution in [-0.2, 0) is 11.3 Å². The van der Waals surface area contributed by atoms with Gasteiger partial charge in [-0.25, -0.2) is 4.21 Å². The molecule has 1 rings (SSSR count). The minimum absolute atomic E-state index is 0.00338. The van der Waals surface area contributed by atoms with E-state index >= 15 is 0 Å². The molecule has 0 fully saturated rings. The van der Waals surface area contributed by atoms with Gasteiger partial charge >= 0.3 is 0 Å². The molecule has 1 aliphatic carbocycles. The van der Waals surface area contributed by atoms with E-state index in [0.717, 1.165) is 0 Å². The highest BCUT2D eigenvalue weighted by molar-refractivity contribution is 7.67. The second kappa shape index (κ2) is 2.81. The van der Waals surface area contributed by atoms with Crippen LogP contribution in [0.15, 0.2) is 24.0 Å². The fraction of sp³-hybridized carbons (Fsp3) is 0.167. The molecule has 1 unspecified atom stereocenters. The lowest BCUT2D eigenvalue weighted by atomic mass is 10.1. The van der Waals surface area contributed by atoms with Crippen LogP contribution in [0.4, 0.5) is 0 Å². The van der Waals surface area contributed by atoms with E-state index in [9.17, 15) is 4.21 Å². The highest BCUT2D eigenvalue weighted by Gasteiger charge is 2.10. The molecule has 0 amide bonds. The van der Waals surface area contributed by atoms with Gasteiger partial charge in [0.1, 0.15) is 11.9 Å². The Balaban J connectivity index is 2.98. The number of hydrogen-bond donors (Lipinski definition) is 2. The molecule has 0 aromatic carbocycles. The van der Waals surface area contributed by atoms with Gasteiger partial charge in [0.05, 0.1) is 16.1 Å². The average Bonchev–Trinajstić information content (AvgIpc) is 1.94. The SMILES string of the molecule is O=S=C1C=C(O)C=CC1O. The van der Waals surface area contributed by atoms with Crippen molar-refractivity contribution in [3.05, 3.63) is 24.0 Å². The largest absolute Gasteiger partial charge is 0.508 e. The van der Waals surface area contributed by atoms with Crippen LogP contribution in [0.2, 0.25) is 0 Å². The summed E-state index contributed by atoms with van der Waals surface area (Å²) in [7, 11) is 0. The van der Waals surface area contributed by atoms with E-state index in [4.69, 9.17) is 10.2 Å². The quantitative estimate of drug-likeness (QED) is 0.478. The summed E-state index contributed by atoms with van der Waals surface area (Å²) in [4.78, 5) is 0.222. The van der Waals surface area contributed by atoms with Gasteiger partial charge in [-0.05, 0) is 18.2 Å². The Labute approximate surface area is 61.4 Å². The third kappa shape index (κ3) is 1.34. The van der Waals surface area contributed by atoms with Crippen LogP contribution in [0.5, 0.6) is 0 Å². The second-order valence-corrected chi connectivity index (χ2v) is 2.50. The molecule has 0 radical (unpaired) electrons. The summed E-state index contributed by atoms with van der Waals surface area (Å²) in [5, 5.41) is 17.8. The molecular weight excluding hydrogens is 152 g/mol. The number of rotatable bonds is 0. The third-order valence-electron chi connectivity index (χ3n) is 1.13. The molecule has 2 N–H and O–H groups in total. The van der Waals surface area contributed by atoms with Crippen molar-refractivity contribution in [3.8, 4) is 0 Å². The van der Waals surface area contributed by atoms with Gasteiger partial charge in [-0.2, -0.15) is 0 Å². The predicted molar refractivity (Wildman–Crippen MR) is 39.0 cm³/mol. The Hall–Kier alpha value is -0.870. The molecule has 4 heteroatoms. The first-order chi connectivity index (χ1) is 4.74. The van der Waals surface area contributed by atoms with Crippen LogP contribution in [0.3, 0.4) is 0 Å². The minimum Gasteiger partial charge on any atom is -0.508 e. The molecule has 0 spiro atoms. The van der Waals surface area contributed by atoms with E-state index in [1.54, 1.807) is 0 Å². The van der Waals surface area contributed by atoms with Crippen molar-refractivity contribution >= 4 is 16.1 Å². The minimum atomic E-state index is -0.849. The summed E-state index contributed by atoms with van der Waals surface area (Å²) < 4.78 is 10.2. The lowest BCUT2D eigenvalue weighted by Gasteiger charge is -2.06. The first-order valence-corrected chi connectivity index (χ1v) is 3.42. The van der Waals surface area contributed by atoms with Crippen molar-refractivity contribution in [1.82, 2.24) is 0 Å². The van der Waals surface area contributed by atoms with Gasteiger partial charge in [-0.15, -0.1) is 0 Å². The van der Waals surface area contributed by atoms with Gasteiger partial charge < -0.3 is 10.2 Å². The van der Waals surface area contributed by atoms with Crippen LogP contribution in [0, 0.1) is 0 Å². The van der Waals surface area contributed by atoms with Crippen molar-refractivity contribution in [2.45, 2.75) is 6.10 Å². The molecule has 0 heterocycles. The Morgan fingerprint density at radius 3 is 2.80 bits per heavy atom. The summed E-state index contributed by atoms with van der Waals surface area (Å²) in [5.41, 5.74) is 0. The first-order valence-electron chi connectivity index (χ1n) is 2.67. The van der Waals surface area contributed by atoms with Gasteiger partial charge in [0, 0.05) is 0 Å². The fourth-order valence-electron chi connectivity index (χ4n) is 0.637. The molecule has 0 saturated heterocycles. The molecule has 1 atom stereocenters. The third-order valence-corrected chi connectivity index (χ3v) is 1.68. The van der Waals surface area contributed by atoms with Crippen LogP contribution in [0.1, 0.15) is 0 Å². The van der Waals surface area contributed by atoms with Gasteiger partial charge in [-0.1, -0.05) is 0 Å². The molecular formula is C6H6O3S. The zero-order valence-corrected chi connectivity index (χ0v) is 5.84. The van der Waals surface area contributed by atoms with Gasteiger partial charge in [0.2, 0.25) is 0 Å². The fourth-order valence-corrected chi connectivity index (χ4v) is 0.983. The lowest BCUT2D eigenvalue weighted by molar-refractivity contribution is 0.289. The zero-order chi connectivity index (χ0) is 7.56. The summed E-state index contributed by atoms with van der Waals surface area (Å²) in [6.45, 7) is 0. The molecule has 0 bridgehead atoms. The van der Waals surface area contributed by atoms with E-state index in [1.165, 1.54) is 18.2 Å². The van der Waals surface area contributed by atoms with Crippen molar-refractivity contribution in [2.24, 2.45) is 0 Å². The molecule has 3 nitrogen and oxygen atoms in total. The first kappa shape index (κ1) is 7.24. The maximum absolute atomic E-state index is 10.2. The van der Waals surface area contributed by atoms with Crippen molar-refractivity contribution in [3.63, 3.8) is 0 Å². The Bertz CT molecular complexity index is 248. The van der Waals surface area contributed by atoms with E-state index in [0.29, 0.717) is 0 Å². The van der Waals surface area contributed by atoms with Gasteiger partial charge in [0.15, 0.2) is 0 Å². The van der Waals surface area contributed by atoms with Crippen LogP contribution in [0.25, 0.3) is 0 Å². The van der Waals surface area contributed by atoms with Gasteiger partial charge in [-0.3, -0.25) is 0 Å². The smallest absolute Gasteiger partial charge is 0.116 e. The topological polar surface area (TPSA) is 57.5 Å². The van der Waals surface area contributed by atoms with Crippen molar-refractivity contribution in [1.29, 1.82) is 0 Å². The maximum atomic E-state index is 10.2. The number of allylic oxidation sites excluding steroid dienone is 1. The summed E-state index contributed by atoms with van der Waals surface area (Å²) in [5.74, 6) is 0.00338. The maximum Gasteiger partial charge on any atom is 0.116 e. The monoisotopic (exact) mass is 158 g/mol. The zero-order valence-electron chi connectivity index (χ0n) is 5.02. The predicted octanol–water partition coefficient (Wildman–Crippen LogP) is -0.256. The van der Waals surface area contributed by atoms with Crippen molar-refractivity contribution in [2.75, 3.05) is 0 Å². The van der Waals surface area contributed by atoms with E-state index in [2.05, 4.69) is 0 Å². The van der Waals surface area contributed by atoms with Gasteiger partial charge in [0.25, 0.3) is 0 Å². The Kier molecular flexibility index (Phi) is 2.03. The summed E-state index contributed by atoms with van der Waals surface area (Å²) in [6, 6.07) is 0. The van der Waals surface area contributed by atoms with Crippen LogP contribution >= 0.6 is 0 Å². The molecule has 54 valence electrons. The van der Waals surface area contributed by atoms with E-state index < -0.39 is 6.10 Å². The highest BCUT2D eigenvalue weighted by Crippen LogP contribution is 2.03. The molecule has 0 aromatic heterocycles. The Morgan fingerprint density at radius 2 is 2.30 bits per heavy atom. The normalized spacial score (nSPS) is 24.3. The van der Waals surface area contributed by atoms with E-state index in [1.807, 2.05) is 0 Å². The number of aliphatic hydroxyl groups excluding tert-OH is 2. The Morgan fingerprint density at radius 1 is 1.60 bits per heavy atom. The average molecular weight is 158 g/mol. The standard InChI is InChI=1S/C6H6O3S/c7-4-1-2-5(8)6(3-4)10-9/h1-3,5,7-8H. The lowest BCUT2D eigenvalue weighted by Crippen LogP contribution is -2.18. The number of hydrogen-bond acceptors (Lipinski definition) is 3. The molecule has 0 aromatic rings. The van der Waals surface area contributed by atoms with Crippen molar-refractivity contribution < 1.29 is 14.4 Å². The molecule has 10 heavy (non-hydrogen) atoms. The highest BCUT2D eigenvalue weighted by atomic mass is 32.1. The van der Waals surface area contributed by atoms with E-state index in [-0.39, 0.29) is 21.9 Å². The van der Waals surface area contributed by atoms with Crippen LogP contribution < -0.4 is 0 Å². The summed E-state index contributed by atoms with van der Waals surface area (Å²) >= 11 is 0.187. The van der Waals surface area contributed by atoms with Crippen LogP contribution in [-0.4, -0.2) is 25.4 Å².